The Bertz CT molecular complexity index is 901. The molecule has 2 amide bonds. The van der Waals surface area contributed by atoms with E-state index in [1.807, 2.05) is 72.6 Å². The molecule has 2 aromatic carbocycles. The molecule has 0 bridgehead atoms. The number of hydrogen-bond donors (Lipinski definition) is 2. The summed E-state index contributed by atoms with van der Waals surface area (Å²) in [7, 11) is 2.00. The van der Waals surface area contributed by atoms with Crippen molar-refractivity contribution in [2.24, 2.45) is 11.4 Å². The molecule has 122 valence electrons. The standard InChI is InChI=1S/C18H18N4OS/c1-22-9-8-14-11-16(6-7-17(14)22)21-18(23)20-15-5-3-4-13(10-15)12-19-24-2/h3-12H,1-2H3,(H2,20,21,23). The lowest BCUT2D eigenvalue weighted by molar-refractivity contribution is 0.262. The predicted octanol–water partition coefficient (Wildman–Crippen LogP) is 4.52. The van der Waals surface area contributed by atoms with E-state index in [4.69, 9.17) is 0 Å². The van der Waals surface area contributed by atoms with E-state index < -0.39 is 0 Å². The number of carbonyl (C=O) groups is 1. The van der Waals surface area contributed by atoms with Crippen LogP contribution in [-0.4, -0.2) is 23.1 Å². The molecule has 0 saturated heterocycles. The Morgan fingerprint density at radius 2 is 1.92 bits per heavy atom. The highest BCUT2D eigenvalue weighted by atomic mass is 32.2. The minimum Gasteiger partial charge on any atom is -0.351 e. The van der Waals surface area contributed by atoms with Crippen LogP contribution >= 0.6 is 11.9 Å². The molecule has 3 aromatic rings. The molecule has 2 N–H and O–H groups in total. The lowest BCUT2D eigenvalue weighted by Gasteiger charge is -2.08. The second-order valence-electron chi connectivity index (χ2n) is 5.32. The topological polar surface area (TPSA) is 58.4 Å². The number of anilines is 2. The zero-order valence-electron chi connectivity index (χ0n) is 13.5. The van der Waals surface area contributed by atoms with Crippen molar-refractivity contribution in [3.63, 3.8) is 0 Å². The number of nitrogens with one attached hydrogen (secondary N) is 2. The van der Waals surface area contributed by atoms with Gasteiger partial charge in [0.1, 0.15) is 0 Å². The van der Waals surface area contributed by atoms with Gasteiger partial charge in [-0.3, -0.25) is 0 Å². The maximum Gasteiger partial charge on any atom is 0.323 e. The fourth-order valence-electron chi connectivity index (χ4n) is 2.46. The molecule has 5 nitrogen and oxygen atoms in total. The largest absolute Gasteiger partial charge is 0.351 e. The maximum absolute atomic E-state index is 12.2. The Hall–Kier alpha value is -2.73. The van der Waals surface area contributed by atoms with Gasteiger partial charge in [-0.05, 0) is 53.9 Å². The van der Waals surface area contributed by atoms with Gasteiger partial charge in [0.25, 0.3) is 0 Å². The minimum absolute atomic E-state index is 0.274. The summed E-state index contributed by atoms with van der Waals surface area (Å²) in [6.07, 6.45) is 5.66. The van der Waals surface area contributed by atoms with E-state index in [2.05, 4.69) is 15.0 Å². The number of nitrogens with zero attached hydrogens (tertiary/aromatic N) is 2. The van der Waals surface area contributed by atoms with Crippen molar-refractivity contribution in [1.82, 2.24) is 4.57 Å². The maximum atomic E-state index is 12.2. The van der Waals surface area contributed by atoms with E-state index in [1.54, 1.807) is 6.21 Å². The van der Waals surface area contributed by atoms with Crippen LogP contribution in [0.15, 0.2) is 59.1 Å². The fraction of sp³-hybridized carbons (Fsp3) is 0.111. The minimum atomic E-state index is -0.274. The van der Waals surface area contributed by atoms with Gasteiger partial charge < -0.3 is 15.2 Å². The van der Waals surface area contributed by atoms with Gasteiger partial charge in [-0.15, -0.1) is 0 Å². The molecule has 0 aliphatic carbocycles. The first kappa shape index (κ1) is 16.1. The average Bonchev–Trinajstić information content (AvgIpc) is 2.94. The zero-order chi connectivity index (χ0) is 16.9. The van der Waals surface area contributed by atoms with Crippen molar-refractivity contribution in [1.29, 1.82) is 0 Å². The molecular weight excluding hydrogens is 320 g/mol. The third-order valence-corrected chi connectivity index (χ3v) is 3.91. The molecule has 0 unspecified atom stereocenters. The van der Waals surface area contributed by atoms with Crippen molar-refractivity contribution in [2.45, 2.75) is 0 Å². The molecule has 0 radical (unpaired) electrons. The molecule has 1 aromatic heterocycles. The van der Waals surface area contributed by atoms with Crippen molar-refractivity contribution in [3.05, 3.63) is 60.3 Å². The van der Waals surface area contributed by atoms with Gasteiger partial charge in [-0.2, -0.15) is 0 Å². The molecule has 0 aliphatic heterocycles. The van der Waals surface area contributed by atoms with Crippen molar-refractivity contribution >= 4 is 46.5 Å². The van der Waals surface area contributed by atoms with Crippen molar-refractivity contribution < 1.29 is 4.79 Å². The van der Waals surface area contributed by atoms with E-state index in [0.29, 0.717) is 0 Å². The van der Waals surface area contributed by atoms with E-state index in [9.17, 15) is 4.79 Å². The van der Waals surface area contributed by atoms with Gasteiger partial charge in [-0.25, -0.2) is 9.19 Å². The predicted molar refractivity (Wildman–Crippen MR) is 103 cm³/mol. The molecule has 0 spiro atoms. The second-order valence-corrected chi connectivity index (χ2v) is 5.90. The smallest absolute Gasteiger partial charge is 0.323 e. The fourth-order valence-corrected chi connectivity index (χ4v) is 2.69. The SMILES string of the molecule is CSN=Cc1cccc(NC(=O)Nc2ccc3c(ccn3C)c2)c1. The molecule has 0 aliphatic rings. The summed E-state index contributed by atoms with van der Waals surface area (Å²) in [4.78, 5) is 12.2. The number of carbonyl (C=O) groups excluding carboxylic acids is 1. The first-order valence-electron chi connectivity index (χ1n) is 7.45. The molecular formula is C18H18N4OS. The Labute approximate surface area is 144 Å². The normalized spacial score (nSPS) is 11.1. The molecule has 1 heterocycles. The summed E-state index contributed by atoms with van der Waals surface area (Å²) in [6.45, 7) is 0. The lowest BCUT2D eigenvalue weighted by Crippen LogP contribution is -2.19. The number of amides is 2. The van der Waals surface area contributed by atoms with Gasteiger partial charge in [0.2, 0.25) is 0 Å². The summed E-state index contributed by atoms with van der Waals surface area (Å²) in [5.41, 5.74) is 3.54. The van der Waals surface area contributed by atoms with Gasteiger partial charge in [0.15, 0.2) is 0 Å². The third-order valence-electron chi connectivity index (χ3n) is 3.59. The third kappa shape index (κ3) is 3.78. The van der Waals surface area contributed by atoms with Gasteiger partial charge >= 0.3 is 6.03 Å². The Morgan fingerprint density at radius 1 is 1.12 bits per heavy atom. The Balaban J connectivity index is 1.69. The summed E-state index contributed by atoms with van der Waals surface area (Å²) in [5, 5.41) is 6.78. The van der Waals surface area contributed by atoms with E-state index >= 15 is 0 Å². The van der Waals surface area contributed by atoms with Crippen LogP contribution in [0.1, 0.15) is 5.56 Å². The first-order chi connectivity index (χ1) is 11.7. The number of benzene rings is 2. The zero-order valence-corrected chi connectivity index (χ0v) is 14.3. The van der Waals surface area contributed by atoms with E-state index in [-0.39, 0.29) is 6.03 Å². The number of hydrogen-bond acceptors (Lipinski definition) is 3. The van der Waals surface area contributed by atoms with Gasteiger partial charge in [0, 0.05) is 48.0 Å². The van der Waals surface area contributed by atoms with Crippen LogP contribution in [0, 0.1) is 0 Å². The average molecular weight is 338 g/mol. The summed E-state index contributed by atoms with van der Waals surface area (Å²) in [5.74, 6) is 0. The molecule has 0 fully saturated rings. The van der Waals surface area contributed by atoms with E-state index in [0.717, 1.165) is 27.8 Å². The van der Waals surface area contributed by atoms with Gasteiger partial charge in [-0.1, -0.05) is 12.1 Å². The number of aromatic nitrogens is 1. The van der Waals surface area contributed by atoms with Crippen LogP contribution < -0.4 is 10.6 Å². The quantitative estimate of drug-likeness (QED) is 0.543. The summed E-state index contributed by atoms with van der Waals surface area (Å²) < 4.78 is 6.16. The number of fused-ring (bicyclic) bond motifs is 1. The summed E-state index contributed by atoms with van der Waals surface area (Å²) in [6, 6.07) is 15.1. The Kier molecular flexibility index (Phi) is 4.86. The van der Waals surface area contributed by atoms with Crippen LogP contribution in [0.3, 0.4) is 0 Å². The lowest BCUT2D eigenvalue weighted by atomic mass is 10.2. The van der Waals surface area contributed by atoms with Gasteiger partial charge in [0.05, 0.1) is 0 Å². The monoisotopic (exact) mass is 338 g/mol. The molecule has 24 heavy (non-hydrogen) atoms. The van der Waals surface area contributed by atoms with Crippen molar-refractivity contribution in [3.8, 4) is 0 Å². The van der Waals surface area contributed by atoms with Crippen molar-refractivity contribution in [2.75, 3.05) is 16.9 Å². The van der Waals surface area contributed by atoms with Crippen LogP contribution in [0.4, 0.5) is 16.2 Å². The molecule has 0 saturated carbocycles. The highest BCUT2D eigenvalue weighted by molar-refractivity contribution is 7.97. The van der Waals surface area contributed by atoms with Crippen LogP contribution in [0.25, 0.3) is 10.9 Å². The second kappa shape index (κ2) is 7.23. The number of rotatable bonds is 4. The first-order valence-corrected chi connectivity index (χ1v) is 8.63. The molecule has 0 atom stereocenters. The molecule has 6 heteroatoms. The van der Waals surface area contributed by atoms with Crippen LogP contribution in [0.5, 0.6) is 0 Å². The Morgan fingerprint density at radius 3 is 2.71 bits per heavy atom. The van der Waals surface area contributed by atoms with E-state index in [1.165, 1.54) is 11.9 Å². The molecule has 3 rings (SSSR count). The highest BCUT2D eigenvalue weighted by Gasteiger charge is 2.05. The summed E-state index contributed by atoms with van der Waals surface area (Å²) >= 11 is 1.39. The number of urea groups is 1. The highest BCUT2D eigenvalue weighted by Crippen LogP contribution is 2.20. The number of aryl methyl sites for hydroxylation is 1. The van der Waals surface area contributed by atoms with Crippen LogP contribution in [0.2, 0.25) is 0 Å². The van der Waals surface area contributed by atoms with Crippen LogP contribution in [-0.2, 0) is 7.05 Å².